The van der Waals surface area contributed by atoms with Crippen molar-refractivity contribution < 1.29 is 33.7 Å². The summed E-state index contributed by atoms with van der Waals surface area (Å²) < 4.78 is 16.6. The van der Waals surface area contributed by atoms with Crippen molar-refractivity contribution in [3.8, 4) is 0 Å². The summed E-state index contributed by atoms with van der Waals surface area (Å²) in [4.78, 5) is 37.8. The van der Waals surface area contributed by atoms with Crippen molar-refractivity contribution in [2.45, 2.75) is 265 Å². The van der Waals surface area contributed by atoms with Gasteiger partial charge in [-0.1, -0.05) is 202 Å². The fourth-order valence-corrected chi connectivity index (χ4v) is 7.14. The fourth-order valence-electron chi connectivity index (χ4n) is 7.14. The summed E-state index contributed by atoms with van der Waals surface area (Å²) >= 11 is 0. The third-order valence-corrected chi connectivity index (χ3v) is 10.8. The minimum atomic E-state index is -0.830. The number of carbonyl (C=O) groups is 3. The molecule has 7 nitrogen and oxygen atoms in total. The molecule has 0 fully saturated rings. The Hall–Kier alpha value is -1.63. The molecule has 0 aromatic heterocycles. The second-order valence-corrected chi connectivity index (χ2v) is 17.5. The van der Waals surface area contributed by atoms with Crippen LogP contribution >= 0.6 is 0 Å². The molecule has 0 saturated carbocycles. The number of unbranched alkanes of at least 4 members (excludes halogenated alkanes) is 23. The van der Waals surface area contributed by atoms with Crippen LogP contribution in [0.15, 0.2) is 0 Å². The van der Waals surface area contributed by atoms with Crippen LogP contribution in [0.25, 0.3) is 0 Å². The highest BCUT2D eigenvalue weighted by molar-refractivity contribution is 5.71. The Morgan fingerprint density at radius 3 is 1.09 bits per heavy atom. The van der Waals surface area contributed by atoms with E-state index in [4.69, 9.17) is 14.2 Å². The van der Waals surface area contributed by atoms with Crippen LogP contribution in [0.1, 0.15) is 253 Å². The third-order valence-electron chi connectivity index (χ3n) is 10.8. The molecule has 0 heterocycles. The molecule has 0 unspecified atom stereocenters. The number of aliphatic hydroxyl groups excluding tert-OH is 1. The maximum Gasteiger partial charge on any atom is 0.306 e. The molecule has 55 heavy (non-hydrogen) atoms. The molecule has 0 spiro atoms. The lowest BCUT2D eigenvalue weighted by atomic mass is 10.0. The molecule has 326 valence electrons. The smallest absolute Gasteiger partial charge is 0.306 e. The number of rotatable bonds is 42. The van der Waals surface area contributed by atoms with E-state index in [0.717, 1.165) is 69.6 Å². The largest absolute Gasteiger partial charge is 0.462 e. The van der Waals surface area contributed by atoms with Gasteiger partial charge in [-0.25, -0.2) is 0 Å². The zero-order chi connectivity index (χ0) is 40.6. The summed E-state index contributed by atoms with van der Waals surface area (Å²) in [5.74, 6) is 0.562. The molecule has 0 radical (unpaired) electrons. The fraction of sp³-hybridized carbons (Fsp3) is 0.938. The number of carbonyl (C=O) groups excluding carboxylic acids is 3. The highest BCUT2D eigenvalue weighted by Crippen LogP contribution is 2.17. The molecular weight excluding hydrogens is 689 g/mol. The zero-order valence-corrected chi connectivity index (χ0v) is 37.2. The summed E-state index contributed by atoms with van der Waals surface area (Å²) in [6.45, 7) is 11.1. The molecule has 0 aromatic rings. The lowest BCUT2D eigenvalue weighted by molar-refractivity contribution is -0.167. The van der Waals surface area contributed by atoms with Gasteiger partial charge in [-0.3, -0.25) is 14.4 Å². The summed E-state index contributed by atoms with van der Waals surface area (Å²) in [7, 11) is 0. The molecular formula is C48H92O7. The monoisotopic (exact) mass is 781 g/mol. The van der Waals surface area contributed by atoms with Crippen LogP contribution in [0.5, 0.6) is 0 Å². The molecule has 0 saturated heterocycles. The Balaban J connectivity index is 4.43. The normalized spacial score (nSPS) is 12.2. The van der Waals surface area contributed by atoms with Crippen LogP contribution in [0.4, 0.5) is 0 Å². The van der Waals surface area contributed by atoms with Crippen LogP contribution in [-0.4, -0.2) is 48.4 Å². The number of ether oxygens (including phenoxy) is 3. The number of esters is 3. The van der Waals surface area contributed by atoms with E-state index < -0.39 is 18.2 Å². The van der Waals surface area contributed by atoms with E-state index in [-0.39, 0.29) is 31.6 Å². The van der Waals surface area contributed by atoms with Crippen molar-refractivity contribution in [2.24, 2.45) is 11.8 Å². The number of hydrogen-bond donors (Lipinski definition) is 1. The second kappa shape index (κ2) is 40.6. The third kappa shape index (κ3) is 41.8. The van der Waals surface area contributed by atoms with Crippen molar-refractivity contribution in [1.82, 2.24) is 0 Å². The van der Waals surface area contributed by atoms with Gasteiger partial charge in [-0.15, -0.1) is 0 Å². The number of aliphatic hydroxyl groups is 1. The van der Waals surface area contributed by atoms with E-state index in [9.17, 15) is 19.5 Å². The van der Waals surface area contributed by atoms with Gasteiger partial charge in [0.1, 0.15) is 13.2 Å². The van der Waals surface area contributed by atoms with E-state index in [0.29, 0.717) is 25.7 Å². The Morgan fingerprint density at radius 2 is 0.709 bits per heavy atom. The molecule has 0 aliphatic heterocycles. The van der Waals surface area contributed by atoms with Crippen molar-refractivity contribution in [3.63, 3.8) is 0 Å². The lowest BCUT2D eigenvalue weighted by Crippen LogP contribution is -2.31. The van der Waals surface area contributed by atoms with Gasteiger partial charge in [0.05, 0.1) is 6.10 Å². The van der Waals surface area contributed by atoms with Gasteiger partial charge in [0.25, 0.3) is 0 Å². The predicted molar refractivity (Wildman–Crippen MR) is 230 cm³/mol. The minimum Gasteiger partial charge on any atom is -0.462 e. The van der Waals surface area contributed by atoms with Gasteiger partial charge in [0.15, 0.2) is 6.10 Å². The van der Waals surface area contributed by atoms with Gasteiger partial charge in [-0.05, 0) is 43.9 Å². The SMILES string of the molecule is CCCCCCCCCC[C@@H](O)CCCC(=O)OC(COC(=O)CCCCCCCCCCCC(C)C)COC(=O)CCCCCCCCCCCC(C)C. The first-order valence-electron chi connectivity index (χ1n) is 23.8. The van der Waals surface area contributed by atoms with E-state index in [1.165, 1.54) is 128 Å². The summed E-state index contributed by atoms with van der Waals surface area (Å²) in [6.07, 6.45) is 35.3. The van der Waals surface area contributed by atoms with Crippen LogP contribution < -0.4 is 0 Å². The standard InChI is InChI=1S/C48H92O7/c1-6-7-8-9-10-19-24-29-35-44(49)36-32-39-48(52)55-45(40-53-46(50)37-30-25-20-15-11-13-17-22-27-33-42(2)3)41-54-47(51)38-31-26-21-16-12-14-18-23-28-34-43(4)5/h42-45,49H,6-41H2,1-5H3/t44-/m1/s1. The van der Waals surface area contributed by atoms with Crippen molar-refractivity contribution in [2.75, 3.05) is 13.2 Å². The summed E-state index contributed by atoms with van der Waals surface area (Å²) in [6, 6.07) is 0. The minimum absolute atomic E-state index is 0.118. The van der Waals surface area contributed by atoms with Crippen molar-refractivity contribution in [1.29, 1.82) is 0 Å². The average molecular weight is 781 g/mol. The Labute approximate surface area is 341 Å². The first-order valence-corrected chi connectivity index (χ1v) is 23.8. The molecule has 0 aromatic carbocycles. The maximum atomic E-state index is 12.7. The van der Waals surface area contributed by atoms with Gasteiger partial charge in [0, 0.05) is 19.3 Å². The number of hydrogen-bond acceptors (Lipinski definition) is 7. The first-order chi connectivity index (χ1) is 26.6. The summed E-state index contributed by atoms with van der Waals surface area (Å²) in [5.41, 5.74) is 0. The van der Waals surface area contributed by atoms with Crippen LogP contribution in [-0.2, 0) is 28.6 Å². The topological polar surface area (TPSA) is 99.1 Å². The molecule has 0 rings (SSSR count). The highest BCUT2D eigenvalue weighted by Gasteiger charge is 2.20. The van der Waals surface area contributed by atoms with E-state index in [1.807, 2.05) is 0 Å². The van der Waals surface area contributed by atoms with E-state index >= 15 is 0 Å². The zero-order valence-electron chi connectivity index (χ0n) is 37.2. The van der Waals surface area contributed by atoms with Gasteiger partial charge >= 0.3 is 17.9 Å². The Kier molecular flexibility index (Phi) is 39.4. The quantitative estimate of drug-likeness (QED) is 0.0374. The van der Waals surface area contributed by atoms with Crippen molar-refractivity contribution >= 4 is 17.9 Å². The summed E-state index contributed by atoms with van der Waals surface area (Å²) in [5, 5.41) is 10.4. The van der Waals surface area contributed by atoms with E-state index in [2.05, 4.69) is 34.6 Å². The van der Waals surface area contributed by atoms with Crippen LogP contribution in [0.2, 0.25) is 0 Å². The molecule has 0 aliphatic rings. The lowest BCUT2D eigenvalue weighted by Gasteiger charge is -2.18. The molecule has 0 bridgehead atoms. The first kappa shape index (κ1) is 53.4. The second-order valence-electron chi connectivity index (χ2n) is 17.5. The predicted octanol–water partition coefficient (Wildman–Crippen LogP) is 13.9. The van der Waals surface area contributed by atoms with Crippen LogP contribution in [0, 0.1) is 11.8 Å². The van der Waals surface area contributed by atoms with Gasteiger partial charge < -0.3 is 19.3 Å². The molecule has 7 heteroatoms. The Bertz CT molecular complexity index is 811. The van der Waals surface area contributed by atoms with Gasteiger partial charge in [-0.2, -0.15) is 0 Å². The van der Waals surface area contributed by atoms with Gasteiger partial charge in [0.2, 0.25) is 0 Å². The highest BCUT2D eigenvalue weighted by atomic mass is 16.6. The molecule has 1 atom stereocenters. The molecule has 0 amide bonds. The molecule has 0 aliphatic carbocycles. The van der Waals surface area contributed by atoms with E-state index in [1.54, 1.807) is 0 Å². The Morgan fingerprint density at radius 1 is 0.400 bits per heavy atom. The average Bonchev–Trinajstić information content (AvgIpc) is 3.14. The van der Waals surface area contributed by atoms with Crippen molar-refractivity contribution in [3.05, 3.63) is 0 Å². The molecule has 1 N–H and O–H groups in total. The van der Waals surface area contributed by atoms with Crippen LogP contribution in [0.3, 0.4) is 0 Å². The maximum absolute atomic E-state index is 12.7.